The number of carbonyl (C=O) groups excluding carboxylic acids is 1. The highest BCUT2D eigenvalue weighted by Gasteiger charge is 2.30. The zero-order valence-electron chi connectivity index (χ0n) is 11.2. The minimum absolute atomic E-state index is 0.0506. The van der Waals surface area contributed by atoms with Crippen molar-refractivity contribution in [3.8, 4) is 0 Å². The Kier molecular flexibility index (Phi) is 4.64. The fourth-order valence-electron chi connectivity index (χ4n) is 1.94. The van der Waals surface area contributed by atoms with Gasteiger partial charge < -0.3 is 15.2 Å². The number of carbonyl (C=O) groups is 2. The zero-order chi connectivity index (χ0) is 14.5. The molecule has 0 unspecified atom stereocenters. The van der Waals surface area contributed by atoms with Gasteiger partial charge in [0.2, 0.25) is 5.91 Å². The number of amides is 1. The molecule has 0 aromatic carbocycles. The van der Waals surface area contributed by atoms with Gasteiger partial charge in [0.1, 0.15) is 0 Å². The number of likely N-dealkylation sites (tertiary alicyclic amines) is 1. The summed E-state index contributed by atoms with van der Waals surface area (Å²) in [6, 6.07) is 0.0716. The van der Waals surface area contributed by atoms with Crippen molar-refractivity contribution in [2.45, 2.75) is 6.04 Å². The van der Waals surface area contributed by atoms with Crippen molar-refractivity contribution >= 4 is 11.9 Å². The van der Waals surface area contributed by atoms with Crippen molar-refractivity contribution in [3.63, 3.8) is 0 Å². The first-order valence-electron chi connectivity index (χ1n) is 6.23. The number of nitrogens with zero attached hydrogens (tertiary/aromatic N) is 4. The summed E-state index contributed by atoms with van der Waals surface area (Å²) < 4.78 is 6.37. The molecule has 1 aromatic heterocycles. The number of carboxylic acids is 1. The van der Waals surface area contributed by atoms with Crippen molar-refractivity contribution in [2.75, 3.05) is 39.9 Å². The second kappa shape index (κ2) is 6.44. The third-order valence-corrected chi connectivity index (χ3v) is 3.04. The molecule has 2 N–H and O–H groups in total. The van der Waals surface area contributed by atoms with Gasteiger partial charge in [-0.05, 0) is 0 Å². The topological polar surface area (TPSA) is 110 Å². The van der Waals surface area contributed by atoms with Gasteiger partial charge in [-0.3, -0.25) is 9.69 Å². The van der Waals surface area contributed by atoms with Crippen LogP contribution in [-0.4, -0.2) is 76.8 Å². The lowest BCUT2D eigenvalue weighted by Gasteiger charge is -2.38. The van der Waals surface area contributed by atoms with Crippen LogP contribution in [0.2, 0.25) is 0 Å². The summed E-state index contributed by atoms with van der Waals surface area (Å²) in [4.78, 5) is 24.2. The number of aromatic nitrogens is 3. The maximum absolute atomic E-state index is 11.5. The molecule has 0 saturated carbocycles. The summed E-state index contributed by atoms with van der Waals surface area (Å²) in [5.41, 5.74) is -0.0687. The first kappa shape index (κ1) is 14.4. The van der Waals surface area contributed by atoms with Crippen molar-refractivity contribution in [1.82, 2.24) is 25.2 Å². The molecule has 2 heterocycles. The van der Waals surface area contributed by atoms with Crippen LogP contribution in [-0.2, 0) is 9.53 Å². The monoisotopic (exact) mass is 283 g/mol. The third-order valence-electron chi connectivity index (χ3n) is 3.04. The van der Waals surface area contributed by atoms with Crippen LogP contribution in [0.5, 0.6) is 0 Å². The van der Waals surface area contributed by atoms with E-state index in [0.717, 1.165) is 0 Å². The number of rotatable bonds is 7. The van der Waals surface area contributed by atoms with Crippen molar-refractivity contribution in [3.05, 3.63) is 11.9 Å². The number of methoxy groups -OCH3 is 1. The summed E-state index contributed by atoms with van der Waals surface area (Å²) >= 11 is 0. The Morgan fingerprint density at radius 1 is 1.55 bits per heavy atom. The van der Waals surface area contributed by atoms with E-state index < -0.39 is 5.97 Å². The van der Waals surface area contributed by atoms with Crippen molar-refractivity contribution in [1.29, 1.82) is 0 Å². The molecule has 2 rings (SSSR count). The molecule has 0 aliphatic carbocycles. The minimum Gasteiger partial charge on any atom is -0.476 e. The fourth-order valence-corrected chi connectivity index (χ4v) is 1.94. The standard InChI is InChI=1S/C11H17N5O4/c1-20-3-2-12-10(17)7-15-4-8(5-15)16-6-9(11(18)19)13-14-16/h6,8H,2-5,7H2,1H3,(H,12,17)(H,18,19). The number of hydrogen-bond donors (Lipinski definition) is 2. The second-order valence-corrected chi connectivity index (χ2v) is 4.58. The third kappa shape index (κ3) is 3.52. The Bertz CT molecular complexity index is 483. The van der Waals surface area contributed by atoms with Crippen molar-refractivity contribution < 1.29 is 19.4 Å². The summed E-state index contributed by atoms with van der Waals surface area (Å²) in [6.07, 6.45) is 1.41. The van der Waals surface area contributed by atoms with E-state index in [1.54, 1.807) is 7.11 Å². The Morgan fingerprint density at radius 3 is 2.90 bits per heavy atom. The molecule has 9 nitrogen and oxygen atoms in total. The highest BCUT2D eigenvalue weighted by Crippen LogP contribution is 2.19. The quantitative estimate of drug-likeness (QED) is 0.592. The minimum atomic E-state index is -1.09. The predicted octanol–water partition coefficient (Wildman–Crippen LogP) is -1.40. The van der Waals surface area contributed by atoms with E-state index >= 15 is 0 Å². The Balaban J connectivity index is 1.71. The summed E-state index contributed by atoms with van der Waals surface area (Å²) in [5, 5.41) is 18.8. The lowest BCUT2D eigenvalue weighted by Crippen LogP contribution is -2.51. The van der Waals surface area contributed by atoms with E-state index in [9.17, 15) is 9.59 Å². The molecule has 1 amide bonds. The number of nitrogens with one attached hydrogen (secondary N) is 1. The summed E-state index contributed by atoms with van der Waals surface area (Å²) in [5.74, 6) is -1.14. The van der Waals surface area contributed by atoms with Crippen LogP contribution in [0.3, 0.4) is 0 Å². The Labute approximate surface area is 115 Å². The van der Waals surface area contributed by atoms with E-state index in [2.05, 4.69) is 15.6 Å². The highest BCUT2D eigenvalue weighted by molar-refractivity contribution is 5.84. The molecule has 110 valence electrons. The SMILES string of the molecule is COCCNC(=O)CN1CC(n2cc(C(=O)O)nn2)C1. The van der Waals surface area contributed by atoms with Crippen LogP contribution in [0.4, 0.5) is 0 Å². The van der Waals surface area contributed by atoms with Gasteiger partial charge in [0.15, 0.2) is 5.69 Å². The van der Waals surface area contributed by atoms with E-state index in [1.807, 2.05) is 4.90 Å². The molecule has 0 atom stereocenters. The molecule has 9 heteroatoms. The molecule has 1 aliphatic rings. The number of aromatic carboxylic acids is 1. The van der Waals surface area contributed by atoms with Gasteiger partial charge in [-0.2, -0.15) is 0 Å². The number of ether oxygens (including phenoxy) is 1. The van der Waals surface area contributed by atoms with Gasteiger partial charge in [-0.15, -0.1) is 5.10 Å². The van der Waals surface area contributed by atoms with Gasteiger partial charge in [0, 0.05) is 26.7 Å². The molecular formula is C11H17N5O4. The van der Waals surface area contributed by atoms with Crippen LogP contribution < -0.4 is 5.32 Å². The number of carboxylic acid groups (broad SMARTS) is 1. The van der Waals surface area contributed by atoms with Crippen molar-refractivity contribution in [2.24, 2.45) is 0 Å². The largest absolute Gasteiger partial charge is 0.476 e. The molecule has 1 aromatic rings. The molecule has 0 spiro atoms. The van der Waals surface area contributed by atoms with Gasteiger partial charge in [-0.25, -0.2) is 9.48 Å². The lowest BCUT2D eigenvalue weighted by molar-refractivity contribution is -0.123. The molecule has 1 aliphatic heterocycles. The maximum atomic E-state index is 11.5. The predicted molar refractivity (Wildman–Crippen MR) is 67.3 cm³/mol. The maximum Gasteiger partial charge on any atom is 0.358 e. The van der Waals surface area contributed by atoms with E-state index in [1.165, 1.54) is 10.9 Å². The van der Waals surface area contributed by atoms with Crippen LogP contribution in [0, 0.1) is 0 Å². The summed E-state index contributed by atoms with van der Waals surface area (Å²) in [7, 11) is 1.58. The normalized spacial score (nSPS) is 15.8. The van der Waals surface area contributed by atoms with E-state index in [4.69, 9.17) is 9.84 Å². The molecule has 0 bridgehead atoms. The van der Waals surface area contributed by atoms with Crippen LogP contribution in [0.1, 0.15) is 16.5 Å². The summed E-state index contributed by atoms with van der Waals surface area (Å²) in [6.45, 7) is 2.61. The molecule has 20 heavy (non-hydrogen) atoms. The molecule has 0 radical (unpaired) electrons. The molecule has 1 fully saturated rings. The van der Waals surface area contributed by atoms with Gasteiger partial charge >= 0.3 is 5.97 Å². The fraction of sp³-hybridized carbons (Fsp3) is 0.636. The van der Waals surface area contributed by atoms with Crippen LogP contribution in [0.25, 0.3) is 0 Å². The van der Waals surface area contributed by atoms with Gasteiger partial charge in [0.25, 0.3) is 0 Å². The average Bonchev–Trinajstić information content (AvgIpc) is 2.83. The Morgan fingerprint density at radius 2 is 2.30 bits per heavy atom. The van der Waals surface area contributed by atoms with Gasteiger partial charge in [0.05, 0.1) is 25.4 Å². The zero-order valence-corrected chi connectivity index (χ0v) is 11.2. The highest BCUT2D eigenvalue weighted by atomic mass is 16.5. The molecule has 1 saturated heterocycles. The first-order valence-corrected chi connectivity index (χ1v) is 6.23. The lowest BCUT2D eigenvalue weighted by atomic mass is 10.1. The van der Waals surface area contributed by atoms with Gasteiger partial charge in [-0.1, -0.05) is 5.21 Å². The van der Waals surface area contributed by atoms with Crippen LogP contribution in [0.15, 0.2) is 6.20 Å². The Hall–Kier alpha value is -2.00. The van der Waals surface area contributed by atoms with E-state index in [-0.39, 0.29) is 17.6 Å². The average molecular weight is 283 g/mol. The first-order chi connectivity index (χ1) is 9.60. The smallest absolute Gasteiger partial charge is 0.358 e. The number of hydrogen-bond acceptors (Lipinski definition) is 6. The molecular weight excluding hydrogens is 266 g/mol. The van der Waals surface area contributed by atoms with Crippen LogP contribution >= 0.6 is 0 Å². The van der Waals surface area contributed by atoms with E-state index in [0.29, 0.717) is 32.8 Å². The second-order valence-electron chi connectivity index (χ2n) is 4.58.